The molecule has 1 aliphatic heterocycles. The van der Waals surface area contributed by atoms with Gasteiger partial charge >= 0.3 is 5.97 Å². The van der Waals surface area contributed by atoms with Crippen LogP contribution in [-0.4, -0.2) is 44.1 Å². The Bertz CT molecular complexity index is 1070. The number of ether oxygens (including phenoxy) is 3. The first-order valence-corrected chi connectivity index (χ1v) is 10.3. The Balaban J connectivity index is 1.69. The normalized spacial score (nSPS) is 13.9. The summed E-state index contributed by atoms with van der Waals surface area (Å²) in [5.41, 5.74) is 1.66. The first-order chi connectivity index (χ1) is 15.3. The van der Waals surface area contributed by atoms with E-state index in [4.69, 9.17) is 25.8 Å². The van der Waals surface area contributed by atoms with Crippen LogP contribution in [0, 0.1) is 0 Å². The smallest absolute Gasteiger partial charge is 0.331 e. The van der Waals surface area contributed by atoms with Crippen molar-refractivity contribution in [3.05, 3.63) is 53.1 Å². The van der Waals surface area contributed by atoms with Gasteiger partial charge in [-0.05, 0) is 49.8 Å². The number of nitrogens with one attached hydrogen (secondary N) is 1. The summed E-state index contributed by atoms with van der Waals surface area (Å²) in [7, 11) is 1.49. The second-order valence-corrected chi connectivity index (χ2v) is 7.28. The van der Waals surface area contributed by atoms with Crippen LogP contribution in [0.3, 0.4) is 0 Å². The molecule has 0 aromatic heterocycles. The molecule has 3 rings (SSSR count). The first-order valence-electron chi connectivity index (χ1n) is 9.93. The number of hydrogen-bond donors (Lipinski definition) is 1. The summed E-state index contributed by atoms with van der Waals surface area (Å²) < 4.78 is 16.0. The first kappa shape index (κ1) is 23.1. The number of benzene rings is 2. The number of methoxy groups -OCH3 is 1. The molecule has 1 atom stereocenters. The third-order valence-electron chi connectivity index (χ3n) is 4.63. The number of nitrogens with zero attached hydrogens (tertiary/aromatic N) is 1. The molecule has 0 saturated carbocycles. The molecule has 1 heterocycles. The molecule has 168 valence electrons. The standard InChI is InChI=1S/C23H23ClN2O6/c1-4-31-22-16(24)11-15(12-19(22)30-3)9-10-21(28)32-14(2)23(29)26-13-20(27)25-17-7-5-6-8-18(17)26/h5-12,14H,4,13H2,1-3H3,(H,25,27)/b10-9-/t14-/m1/s1. The molecule has 8 nitrogen and oxygen atoms in total. The molecule has 32 heavy (non-hydrogen) atoms. The molecule has 1 N–H and O–H groups in total. The van der Waals surface area contributed by atoms with Gasteiger partial charge < -0.3 is 19.5 Å². The minimum atomic E-state index is -1.09. The number of fused-ring (bicyclic) bond motifs is 1. The van der Waals surface area contributed by atoms with E-state index in [2.05, 4.69) is 5.32 Å². The lowest BCUT2D eigenvalue weighted by molar-refractivity contribution is -0.149. The van der Waals surface area contributed by atoms with Crippen LogP contribution in [0.1, 0.15) is 19.4 Å². The van der Waals surface area contributed by atoms with Gasteiger partial charge in [0.15, 0.2) is 17.6 Å². The Hall–Kier alpha value is -3.52. The Morgan fingerprint density at radius 3 is 2.75 bits per heavy atom. The van der Waals surface area contributed by atoms with Crippen LogP contribution < -0.4 is 19.7 Å². The van der Waals surface area contributed by atoms with Crippen molar-refractivity contribution in [3.63, 3.8) is 0 Å². The SMILES string of the molecule is CCOc1c(Cl)cc(/C=C\C(=O)O[C@H](C)C(=O)N2CC(=O)Nc3ccccc32)cc1OC. The number of carbonyl (C=O) groups is 3. The van der Waals surface area contributed by atoms with Crippen molar-refractivity contribution >= 4 is 46.8 Å². The van der Waals surface area contributed by atoms with Gasteiger partial charge in [-0.2, -0.15) is 0 Å². The van der Waals surface area contributed by atoms with Crippen molar-refractivity contribution in [1.29, 1.82) is 0 Å². The quantitative estimate of drug-likeness (QED) is 0.502. The second kappa shape index (κ2) is 10.2. The zero-order valence-corrected chi connectivity index (χ0v) is 18.6. The zero-order valence-electron chi connectivity index (χ0n) is 17.9. The maximum absolute atomic E-state index is 12.8. The van der Waals surface area contributed by atoms with Gasteiger partial charge in [0.25, 0.3) is 5.91 Å². The average Bonchev–Trinajstić information content (AvgIpc) is 2.78. The van der Waals surface area contributed by atoms with Crippen LogP contribution in [0.5, 0.6) is 11.5 Å². The van der Waals surface area contributed by atoms with Gasteiger partial charge in [0, 0.05) is 6.08 Å². The number of amides is 2. The fourth-order valence-corrected chi connectivity index (χ4v) is 3.47. The molecule has 0 saturated heterocycles. The van der Waals surface area contributed by atoms with Gasteiger partial charge in [-0.3, -0.25) is 14.5 Å². The van der Waals surface area contributed by atoms with Crippen molar-refractivity contribution in [1.82, 2.24) is 0 Å². The maximum atomic E-state index is 12.8. The van der Waals surface area contributed by atoms with Crippen LogP contribution in [0.25, 0.3) is 6.08 Å². The largest absolute Gasteiger partial charge is 0.493 e. The predicted octanol–water partition coefficient (Wildman–Crippen LogP) is 3.68. The summed E-state index contributed by atoms with van der Waals surface area (Å²) >= 11 is 6.23. The van der Waals surface area contributed by atoms with Crippen molar-refractivity contribution in [2.24, 2.45) is 0 Å². The van der Waals surface area contributed by atoms with Crippen LogP contribution in [-0.2, 0) is 19.1 Å². The lowest BCUT2D eigenvalue weighted by Gasteiger charge is -2.30. The van der Waals surface area contributed by atoms with Gasteiger partial charge in [-0.15, -0.1) is 0 Å². The number of hydrogen-bond acceptors (Lipinski definition) is 6. The van der Waals surface area contributed by atoms with Crippen molar-refractivity contribution in [2.75, 3.05) is 30.5 Å². The molecule has 0 bridgehead atoms. The third kappa shape index (κ3) is 5.20. The average molecular weight is 459 g/mol. The maximum Gasteiger partial charge on any atom is 0.331 e. The number of esters is 1. The Morgan fingerprint density at radius 1 is 1.28 bits per heavy atom. The minimum absolute atomic E-state index is 0.155. The highest BCUT2D eigenvalue weighted by Gasteiger charge is 2.31. The zero-order chi connectivity index (χ0) is 23.3. The van der Waals surface area contributed by atoms with E-state index in [1.165, 1.54) is 31.1 Å². The van der Waals surface area contributed by atoms with Gasteiger partial charge in [0.05, 0.1) is 30.1 Å². The van der Waals surface area contributed by atoms with E-state index >= 15 is 0 Å². The molecule has 0 unspecified atom stereocenters. The van der Waals surface area contributed by atoms with Crippen LogP contribution in [0.15, 0.2) is 42.5 Å². The second-order valence-electron chi connectivity index (χ2n) is 6.87. The number of halogens is 1. The number of anilines is 2. The fraction of sp³-hybridized carbons (Fsp3) is 0.261. The molecule has 2 amide bonds. The van der Waals surface area contributed by atoms with Crippen molar-refractivity contribution in [2.45, 2.75) is 20.0 Å². The number of carbonyl (C=O) groups excluding carboxylic acids is 3. The topological polar surface area (TPSA) is 94.2 Å². The summed E-state index contributed by atoms with van der Waals surface area (Å²) in [4.78, 5) is 38.4. The highest BCUT2D eigenvalue weighted by atomic mass is 35.5. The van der Waals surface area contributed by atoms with E-state index in [9.17, 15) is 14.4 Å². The Labute approximate surface area is 190 Å². The minimum Gasteiger partial charge on any atom is -0.493 e. The van der Waals surface area contributed by atoms with E-state index < -0.39 is 18.0 Å². The van der Waals surface area contributed by atoms with E-state index in [0.717, 1.165) is 0 Å². The van der Waals surface area contributed by atoms with E-state index in [1.54, 1.807) is 36.4 Å². The molecular formula is C23H23ClN2O6. The molecule has 2 aromatic rings. The summed E-state index contributed by atoms with van der Waals surface area (Å²) in [5.74, 6) is -0.694. The van der Waals surface area contributed by atoms with E-state index in [0.29, 0.717) is 40.1 Å². The Kier molecular flexibility index (Phi) is 7.37. The molecular weight excluding hydrogens is 436 g/mol. The van der Waals surface area contributed by atoms with Crippen molar-refractivity contribution in [3.8, 4) is 11.5 Å². The lowest BCUT2D eigenvalue weighted by Crippen LogP contribution is -2.46. The highest BCUT2D eigenvalue weighted by Crippen LogP contribution is 2.36. The molecule has 0 aliphatic carbocycles. The van der Waals surface area contributed by atoms with Crippen LogP contribution in [0.4, 0.5) is 11.4 Å². The fourth-order valence-electron chi connectivity index (χ4n) is 3.20. The van der Waals surface area contributed by atoms with E-state index in [-0.39, 0.29) is 12.5 Å². The van der Waals surface area contributed by atoms with Gasteiger partial charge in [0.1, 0.15) is 6.54 Å². The van der Waals surface area contributed by atoms with Crippen LogP contribution >= 0.6 is 11.6 Å². The van der Waals surface area contributed by atoms with Gasteiger partial charge in [0.2, 0.25) is 5.91 Å². The summed E-state index contributed by atoms with van der Waals surface area (Å²) in [6.45, 7) is 3.56. The predicted molar refractivity (Wildman–Crippen MR) is 121 cm³/mol. The summed E-state index contributed by atoms with van der Waals surface area (Å²) in [6, 6.07) is 10.2. The number of rotatable bonds is 7. The number of para-hydroxylation sites is 2. The molecule has 1 aliphatic rings. The molecule has 2 aromatic carbocycles. The molecule has 0 radical (unpaired) electrons. The molecule has 9 heteroatoms. The highest BCUT2D eigenvalue weighted by molar-refractivity contribution is 6.32. The third-order valence-corrected chi connectivity index (χ3v) is 4.91. The summed E-state index contributed by atoms with van der Waals surface area (Å²) in [5, 5.41) is 3.04. The van der Waals surface area contributed by atoms with Crippen LogP contribution in [0.2, 0.25) is 5.02 Å². The monoisotopic (exact) mass is 458 g/mol. The van der Waals surface area contributed by atoms with Crippen molar-refractivity contribution < 1.29 is 28.6 Å². The molecule has 0 fully saturated rings. The van der Waals surface area contributed by atoms with Gasteiger partial charge in [-0.25, -0.2) is 4.79 Å². The Morgan fingerprint density at radius 2 is 2.03 bits per heavy atom. The van der Waals surface area contributed by atoms with Gasteiger partial charge in [-0.1, -0.05) is 23.7 Å². The van der Waals surface area contributed by atoms with E-state index in [1.807, 2.05) is 6.92 Å². The molecule has 0 spiro atoms. The lowest BCUT2D eigenvalue weighted by atomic mass is 10.1. The summed E-state index contributed by atoms with van der Waals surface area (Å²) in [6.07, 6.45) is 1.59.